The van der Waals surface area contributed by atoms with Gasteiger partial charge in [0.1, 0.15) is 0 Å². The van der Waals surface area contributed by atoms with E-state index in [0.29, 0.717) is 0 Å². The van der Waals surface area contributed by atoms with E-state index in [2.05, 4.69) is 31.0 Å². The van der Waals surface area contributed by atoms with Crippen LogP contribution in [0.2, 0.25) is 0 Å². The molecule has 0 aromatic rings. The summed E-state index contributed by atoms with van der Waals surface area (Å²) < 4.78 is 0. The maximum absolute atomic E-state index is 3.50. The smallest absolute Gasteiger partial charge is 0.0246 e. The second-order valence-electron chi connectivity index (χ2n) is 4.19. The van der Waals surface area contributed by atoms with Crippen molar-refractivity contribution in [2.75, 3.05) is 26.2 Å². The molecule has 1 aliphatic rings. The minimum absolute atomic E-state index is 0.777. The molecule has 2 heteroatoms. The van der Waals surface area contributed by atoms with Crippen LogP contribution in [0.4, 0.5) is 0 Å². The summed E-state index contributed by atoms with van der Waals surface area (Å²) in [4.78, 5) is 2.66. The summed E-state index contributed by atoms with van der Waals surface area (Å²) in [6, 6.07) is 0.777. The van der Waals surface area contributed by atoms with Crippen molar-refractivity contribution in [3.63, 3.8) is 0 Å². The molecule has 2 atom stereocenters. The first kappa shape index (κ1) is 11.0. The van der Waals surface area contributed by atoms with Gasteiger partial charge in [-0.3, -0.25) is 4.90 Å². The molecule has 78 valence electrons. The summed E-state index contributed by atoms with van der Waals surface area (Å²) in [6.07, 6.45) is 2.58. The molecule has 0 bridgehead atoms. The van der Waals surface area contributed by atoms with Gasteiger partial charge in [-0.1, -0.05) is 27.2 Å². The molecule has 13 heavy (non-hydrogen) atoms. The van der Waals surface area contributed by atoms with Crippen molar-refractivity contribution < 1.29 is 0 Å². The Bertz CT molecular complexity index is 134. The molecular weight excluding hydrogens is 160 g/mol. The molecule has 1 saturated heterocycles. The molecule has 1 heterocycles. The molecule has 0 saturated carbocycles. The van der Waals surface area contributed by atoms with E-state index in [9.17, 15) is 0 Å². The third-order valence-electron chi connectivity index (χ3n) is 3.21. The number of nitrogens with one attached hydrogen (secondary N) is 1. The predicted molar refractivity (Wildman–Crippen MR) is 58.0 cm³/mol. The average molecular weight is 184 g/mol. The average Bonchev–Trinajstić information content (AvgIpc) is 2.18. The van der Waals surface area contributed by atoms with Gasteiger partial charge in [-0.2, -0.15) is 0 Å². The summed E-state index contributed by atoms with van der Waals surface area (Å²) in [5.74, 6) is 0.833. The maximum Gasteiger partial charge on any atom is 0.0246 e. The fourth-order valence-corrected chi connectivity index (χ4v) is 2.17. The molecule has 1 N–H and O–H groups in total. The molecule has 0 radical (unpaired) electrons. The van der Waals surface area contributed by atoms with Crippen molar-refractivity contribution >= 4 is 0 Å². The molecule has 2 nitrogen and oxygen atoms in total. The van der Waals surface area contributed by atoms with Crippen LogP contribution >= 0.6 is 0 Å². The van der Waals surface area contributed by atoms with Crippen LogP contribution in [0.5, 0.6) is 0 Å². The first-order chi connectivity index (χ1) is 6.29. The second kappa shape index (κ2) is 5.61. The van der Waals surface area contributed by atoms with Gasteiger partial charge in [-0.25, -0.2) is 0 Å². The van der Waals surface area contributed by atoms with Gasteiger partial charge in [0.05, 0.1) is 0 Å². The molecule has 2 unspecified atom stereocenters. The second-order valence-corrected chi connectivity index (χ2v) is 4.19. The van der Waals surface area contributed by atoms with E-state index < -0.39 is 0 Å². The zero-order valence-corrected chi connectivity index (χ0v) is 9.34. The zero-order chi connectivity index (χ0) is 9.68. The Hall–Kier alpha value is -0.0800. The standard InChI is InChI=1S/C11H24N2/c1-4-7-13-8-6-12-9-11(13)10(3)5-2/h10-12H,4-9H2,1-3H3. The van der Waals surface area contributed by atoms with Crippen LogP contribution in [-0.2, 0) is 0 Å². The van der Waals surface area contributed by atoms with E-state index in [1.165, 1.54) is 39.0 Å². The molecule has 1 fully saturated rings. The predicted octanol–water partition coefficient (Wildman–Crippen LogP) is 1.72. The van der Waals surface area contributed by atoms with Crippen LogP contribution in [0.1, 0.15) is 33.6 Å². The lowest BCUT2D eigenvalue weighted by atomic mass is 9.96. The van der Waals surface area contributed by atoms with Gasteiger partial charge in [0.25, 0.3) is 0 Å². The van der Waals surface area contributed by atoms with Crippen molar-refractivity contribution in [2.24, 2.45) is 5.92 Å². The van der Waals surface area contributed by atoms with E-state index in [-0.39, 0.29) is 0 Å². The molecule has 1 aliphatic heterocycles. The number of nitrogens with zero attached hydrogens (tertiary/aromatic N) is 1. The van der Waals surface area contributed by atoms with Gasteiger partial charge < -0.3 is 5.32 Å². The Morgan fingerprint density at radius 2 is 2.23 bits per heavy atom. The number of piperazine rings is 1. The highest BCUT2D eigenvalue weighted by Crippen LogP contribution is 2.16. The molecule has 1 rings (SSSR count). The fourth-order valence-electron chi connectivity index (χ4n) is 2.17. The molecule has 0 amide bonds. The van der Waals surface area contributed by atoms with E-state index in [1.54, 1.807) is 0 Å². The normalized spacial score (nSPS) is 27.5. The molecular formula is C11H24N2. The Morgan fingerprint density at radius 1 is 1.46 bits per heavy atom. The van der Waals surface area contributed by atoms with Crippen molar-refractivity contribution in [1.29, 1.82) is 0 Å². The Labute approximate surface area is 82.7 Å². The lowest BCUT2D eigenvalue weighted by molar-refractivity contribution is 0.116. The summed E-state index contributed by atoms with van der Waals surface area (Å²) >= 11 is 0. The lowest BCUT2D eigenvalue weighted by Crippen LogP contribution is -2.53. The quantitative estimate of drug-likeness (QED) is 0.715. The number of hydrogen-bond acceptors (Lipinski definition) is 2. The number of hydrogen-bond donors (Lipinski definition) is 1. The summed E-state index contributed by atoms with van der Waals surface area (Å²) in [5.41, 5.74) is 0. The molecule has 0 aromatic carbocycles. The van der Waals surface area contributed by atoms with E-state index >= 15 is 0 Å². The van der Waals surface area contributed by atoms with Crippen LogP contribution in [-0.4, -0.2) is 37.1 Å². The third kappa shape index (κ3) is 2.96. The Morgan fingerprint density at radius 3 is 2.85 bits per heavy atom. The van der Waals surface area contributed by atoms with Gasteiger partial charge in [-0.15, -0.1) is 0 Å². The number of rotatable bonds is 4. The topological polar surface area (TPSA) is 15.3 Å². The monoisotopic (exact) mass is 184 g/mol. The van der Waals surface area contributed by atoms with E-state index in [1.807, 2.05) is 0 Å². The van der Waals surface area contributed by atoms with Crippen LogP contribution in [0.3, 0.4) is 0 Å². The Balaban J connectivity index is 2.45. The van der Waals surface area contributed by atoms with Gasteiger partial charge in [-0.05, 0) is 18.9 Å². The highest BCUT2D eigenvalue weighted by atomic mass is 15.2. The first-order valence-corrected chi connectivity index (χ1v) is 5.74. The maximum atomic E-state index is 3.50. The molecule has 0 aromatic heterocycles. The largest absolute Gasteiger partial charge is 0.314 e. The lowest BCUT2D eigenvalue weighted by Gasteiger charge is -2.39. The van der Waals surface area contributed by atoms with Crippen molar-refractivity contribution in [2.45, 2.75) is 39.7 Å². The minimum Gasteiger partial charge on any atom is -0.314 e. The summed E-state index contributed by atoms with van der Waals surface area (Å²) in [6.45, 7) is 11.8. The Kier molecular flexibility index (Phi) is 4.74. The molecule has 0 spiro atoms. The third-order valence-corrected chi connectivity index (χ3v) is 3.21. The zero-order valence-electron chi connectivity index (χ0n) is 9.34. The van der Waals surface area contributed by atoms with Crippen molar-refractivity contribution in [3.05, 3.63) is 0 Å². The van der Waals surface area contributed by atoms with Gasteiger partial charge >= 0.3 is 0 Å². The van der Waals surface area contributed by atoms with Gasteiger partial charge in [0, 0.05) is 25.7 Å². The summed E-state index contributed by atoms with van der Waals surface area (Å²) in [5, 5.41) is 3.50. The fraction of sp³-hybridized carbons (Fsp3) is 1.00. The minimum atomic E-state index is 0.777. The van der Waals surface area contributed by atoms with Crippen molar-refractivity contribution in [3.8, 4) is 0 Å². The van der Waals surface area contributed by atoms with Crippen LogP contribution in [0.25, 0.3) is 0 Å². The van der Waals surface area contributed by atoms with Gasteiger partial charge in [0.2, 0.25) is 0 Å². The molecule has 0 aliphatic carbocycles. The summed E-state index contributed by atoms with van der Waals surface area (Å²) in [7, 11) is 0. The van der Waals surface area contributed by atoms with Crippen LogP contribution < -0.4 is 5.32 Å². The highest BCUT2D eigenvalue weighted by molar-refractivity contribution is 4.82. The van der Waals surface area contributed by atoms with Crippen LogP contribution in [0, 0.1) is 5.92 Å². The van der Waals surface area contributed by atoms with E-state index in [4.69, 9.17) is 0 Å². The SMILES string of the molecule is CCCN1CCNCC1C(C)CC. The highest BCUT2D eigenvalue weighted by Gasteiger charge is 2.24. The van der Waals surface area contributed by atoms with Crippen LogP contribution in [0.15, 0.2) is 0 Å². The van der Waals surface area contributed by atoms with E-state index in [0.717, 1.165) is 12.0 Å². The van der Waals surface area contributed by atoms with Gasteiger partial charge in [0.15, 0.2) is 0 Å². The first-order valence-electron chi connectivity index (χ1n) is 5.74. The van der Waals surface area contributed by atoms with Crippen molar-refractivity contribution in [1.82, 2.24) is 10.2 Å².